The zero-order chi connectivity index (χ0) is 19.8. The number of carbonyl (C=O) groups is 2. The Kier molecular flexibility index (Phi) is 7.78. The van der Waals surface area contributed by atoms with E-state index in [9.17, 15) is 9.59 Å². The third-order valence-electron chi connectivity index (χ3n) is 3.21. The fourth-order valence-corrected chi connectivity index (χ4v) is 3.22. The van der Waals surface area contributed by atoms with Gasteiger partial charge in [-0.05, 0) is 25.0 Å². The van der Waals surface area contributed by atoms with E-state index in [-0.39, 0.29) is 6.54 Å². The average molecular weight is 429 g/mol. The molecule has 0 aromatic carbocycles. The maximum Gasteiger partial charge on any atom is 0.407 e. The molecule has 144 valence electrons. The van der Waals surface area contributed by atoms with Crippen molar-refractivity contribution in [1.82, 2.24) is 19.6 Å². The fraction of sp³-hybridized carbons (Fsp3) is 0.400. The second-order valence-electron chi connectivity index (χ2n) is 5.57. The van der Waals surface area contributed by atoms with Gasteiger partial charge in [0.2, 0.25) is 5.13 Å². The zero-order valence-corrected chi connectivity index (χ0v) is 16.7. The Labute approximate surface area is 168 Å². The predicted octanol–water partition coefficient (Wildman–Crippen LogP) is 3.60. The van der Waals surface area contributed by atoms with Crippen LogP contribution in [0.4, 0.5) is 14.7 Å². The fourth-order valence-electron chi connectivity index (χ4n) is 1.62. The Morgan fingerprint density at radius 3 is 2.74 bits per heavy atom. The summed E-state index contributed by atoms with van der Waals surface area (Å²) in [6.07, 6.45) is 1.23. The Morgan fingerprint density at radius 1 is 1.48 bits per heavy atom. The van der Waals surface area contributed by atoms with Crippen LogP contribution in [0, 0.1) is 17.2 Å². The molecule has 27 heavy (non-hydrogen) atoms. The van der Waals surface area contributed by atoms with Gasteiger partial charge in [0.15, 0.2) is 5.82 Å². The first-order valence-corrected chi connectivity index (χ1v) is 9.79. The minimum Gasteiger partial charge on any atom is -0.465 e. The highest BCUT2D eigenvalue weighted by Gasteiger charge is 2.19. The van der Waals surface area contributed by atoms with Crippen LogP contribution in [-0.4, -0.2) is 38.5 Å². The van der Waals surface area contributed by atoms with Crippen molar-refractivity contribution in [2.45, 2.75) is 25.9 Å². The highest BCUT2D eigenvalue weighted by molar-refractivity contribution is 7.16. The molecule has 3 N–H and O–H groups in total. The molecule has 0 atom stereocenters. The van der Waals surface area contributed by atoms with Gasteiger partial charge in [0.1, 0.15) is 0 Å². The number of urea groups is 1. The first-order chi connectivity index (χ1) is 12.9. The van der Waals surface area contributed by atoms with Crippen molar-refractivity contribution >= 4 is 51.7 Å². The lowest BCUT2D eigenvalue weighted by atomic mass is 10.5. The van der Waals surface area contributed by atoms with Gasteiger partial charge in [0.05, 0.1) is 23.5 Å². The van der Waals surface area contributed by atoms with Crippen molar-refractivity contribution in [2.24, 2.45) is 5.92 Å². The van der Waals surface area contributed by atoms with E-state index in [1.807, 2.05) is 6.07 Å². The van der Waals surface area contributed by atoms with E-state index in [0.29, 0.717) is 27.8 Å². The van der Waals surface area contributed by atoms with Crippen LogP contribution in [0.5, 0.6) is 0 Å². The minimum atomic E-state index is -1.07. The highest BCUT2D eigenvalue weighted by atomic mass is 35.5. The van der Waals surface area contributed by atoms with Crippen LogP contribution in [-0.2, 0) is 13.1 Å². The molecule has 3 amide bonds. The molecule has 0 aliphatic heterocycles. The molecule has 0 bridgehead atoms. The molecule has 2 aromatic heterocycles. The lowest BCUT2D eigenvalue weighted by Crippen LogP contribution is -2.28. The summed E-state index contributed by atoms with van der Waals surface area (Å²) in [5.41, 5.74) is 0. The highest BCUT2D eigenvalue weighted by Crippen LogP contribution is 2.26. The largest absolute Gasteiger partial charge is 0.465 e. The molecule has 9 nitrogen and oxygen atoms in total. The number of hydrogen-bond acceptors (Lipinski definition) is 7. The maximum absolute atomic E-state index is 11.7. The lowest BCUT2D eigenvalue weighted by molar-refractivity contribution is 0.153. The van der Waals surface area contributed by atoms with E-state index < -0.39 is 12.1 Å². The van der Waals surface area contributed by atoms with Crippen LogP contribution < -0.4 is 10.6 Å². The third kappa shape index (κ3) is 7.78. The number of thiophene rings is 1. The maximum atomic E-state index is 11.7. The van der Waals surface area contributed by atoms with Crippen LogP contribution in [0.1, 0.15) is 23.5 Å². The first kappa shape index (κ1) is 20.9. The molecule has 1 fully saturated rings. The molecule has 1 aliphatic rings. The summed E-state index contributed by atoms with van der Waals surface area (Å²) in [5.74, 6) is 0.769. The first-order valence-electron chi connectivity index (χ1n) is 7.82. The lowest BCUT2D eigenvalue weighted by Gasteiger charge is -2.09. The second kappa shape index (κ2) is 10.1. The number of nitrogens with one attached hydrogen (secondary N) is 2. The van der Waals surface area contributed by atoms with E-state index in [2.05, 4.69) is 26.1 Å². The molecule has 1 aliphatic carbocycles. The predicted molar refractivity (Wildman–Crippen MR) is 103 cm³/mol. The van der Waals surface area contributed by atoms with Crippen LogP contribution in [0.25, 0.3) is 0 Å². The third-order valence-corrected chi connectivity index (χ3v) is 5.11. The molecule has 0 unspecified atom stereocenters. The number of amides is 3. The van der Waals surface area contributed by atoms with E-state index >= 15 is 0 Å². The van der Waals surface area contributed by atoms with E-state index in [1.54, 1.807) is 6.07 Å². The van der Waals surface area contributed by atoms with Crippen molar-refractivity contribution in [3.8, 4) is 6.07 Å². The van der Waals surface area contributed by atoms with Crippen molar-refractivity contribution in [3.63, 3.8) is 0 Å². The van der Waals surface area contributed by atoms with E-state index in [1.165, 1.54) is 18.4 Å². The van der Waals surface area contributed by atoms with Gasteiger partial charge < -0.3 is 15.3 Å². The van der Waals surface area contributed by atoms with Crippen LogP contribution >= 0.6 is 34.5 Å². The number of halogens is 1. The molecule has 2 heterocycles. The summed E-state index contributed by atoms with van der Waals surface area (Å²) in [7, 11) is 1.41. The Hall–Kier alpha value is -2.42. The normalized spacial score (nSPS) is 12.3. The van der Waals surface area contributed by atoms with Crippen LogP contribution in [0.15, 0.2) is 12.1 Å². The van der Waals surface area contributed by atoms with Gasteiger partial charge in [-0.25, -0.2) is 14.6 Å². The van der Waals surface area contributed by atoms with Gasteiger partial charge in [0.25, 0.3) is 0 Å². The van der Waals surface area contributed by atoms with Crippen molar-refractivity contribution < 1.29 is 14.7 Å². The van der Waals surface area contributed by atoms with Crippen molar-refractivity contribution in [2.75, 3.05) is 12.4 Å². The number of rotatable bonds is 5. The molecule has 3 rings (SSSR count). The standard InChI is InChI=1S/C11H12ClN5O3S2.C4H5N/c1-17(11(19)20)5-8-14-10(22-16-8)15-9(18)13-4-6-2-3-7(12)21-6;5-3-4-1-2-4/h2-3H,4-5H2,1H3,(H,19,20)(H2,13,14,15,16,18);4H,1-2H2. The number of carboxylic acid groups (broad SMARTS) is 1. The summed E-state index contributed by atoms with van der Waals surface area (Å²) in [6, 6.07) is 5.31. The quantitative estimate of drug-likeness (QED) is 0.666. The molecule has 0 saturated heterocycles. The van der Waals surface area contributed by atoms with Crippen LogP contribution in [0.2, 0.25) is 4.34 Å². The van der Waals surface area contributed by atoms with Gasteiger partial charge in [0, 0.05) is 29.4 Å². The van der Waals surface area contributed by atoms with Gasteiger partial charge in [-0.3, -0.25) is 5.32 Å². The Morgan fingerprint density at radius 2 is 2.22 bits per heavy atom. The summed E-state index contributed by atoms with van der Waals surface area (Å²) in [4.78, 5) is 28.4. The molecular formula is C15H17ClN6O3S2. The van der Waals surface area contributed by atoms with Gasteiger partial charge >= 0.3 is 12.1 Å². The molecule has 12 heteroatoms. The monoisotopic (exact) mass is 428 g/mol. The Bertz CT molecular complexity index is 830. The number of nitriles is 1. The molecular weight excluding hydrogens is 412 g/mol. The summed E-state index contributed by atoms with van der Waals surface area (Å²) >= 11 is 8.17. The number of nitrogens with zero attached hydrogens (tertiary/aromatic N) is 4. The van der Waals surface area contributed by atoms with Gasteiger partial charge in [-0.1, -0.05) is 11.6 Å². The molecule has 1 saturated carbocycles. The van der Waals surface area contributed by atoms with Crippen molar-refractivity contribution in [3.05, 3.63) is 27.2 Å². The number of carbonyl (C=O) groups excluding carboxylic acids is 1. The smallest absolute Gasteiger partial charge is 0.407 e. The number of anilines is 1. The second-order valence-corrected chi connectivity index (χ2v) is 8.12. The van der Waals surface area contributed by atoms with Crippen molar-refractivity contribution in [1.29, 1.82) is 5.26 Å². The SMILES string of the molecule is CN(Cc1nsc(NC(=O)NCc2ccc(Cl)s2)n1)C(=O)O.N#CC1CC1. The van der Waals surface area contributed by atoms with Crippen LogP contribution in [0.3, 0.4) is 0 Å². The van der Waals surface area contributed by atoms with Gasteiger partial charge in [-0.15, -0.1) is 11.3 Å². The summed E-state index contributed by atoms with van der Waals surface area (Å²) in [5, 5.41) is 22.2. The average Bonchev–Trinajstić information content (AvgIpc) is 3.24. The number of aromatic nitrogens is 2. The topological polar surface area (TPSA) is 131 Å². The summed E-state index contributed by atoms with van der Waals surface area (Å²) in [6.45, 7) is 0.416. The summed E-state index contributed by atoms with van der Waals surface area (Å²) < 4.78 is 4.64. The minimum absolute atomic E-state index is 0.0584. The zero-order valence-electron chi connectivity index (χ0n) is 14.3. The van der Waals surface area contributed by atoms with E-state index in [4.69, 9.17) is 22.0 Å². The Balaban J connectivity index is 0.000000451. The molecule has 0 radical (unpaired) electrons. The molecule has 0 spiro atoms. The van der Waals surface area contributed by atoms with E-state index in [0.717, 1.165) is 34.2 Å². The van der Waals surface area contributed by atoms with Gasteiger partial charge in [-0.2, -0.15) is 9.64 Å². The number of hydrogen-bond donors (Lipinski definition) is 3. The molecule has 2 aromatic rings.